The molecule has 5 rings (SSSR count). The van der Waals surface area contributed by atoms with Crippen LogP contribution in [0.4, 0.5) is 4.39 Å². The number of hydrogen-bond acceptors (Lipinski definition) is 6. The molecule has 3 atom stereocenters. The number of piperidine rings is 1. The quantitative estimate of drug-likeness (QED) is 0.727. The second kappa shape index (κ2) is 7.43. The summed E-state index contributed by atoms with van der Waals surface area (Å²) in [7, 11) is 0. The lowest BCUT2D eigenvalue weighted by Crippen LogP contribution is -2.45. The minimum absolute atomic E-state index is 0.0448. The molecule has 3 heterocycles. The number of hydrazine groups is 1. The summed E-state index contributed by atoms with van der Waals surface area (Å²) in [5, 5.41) is 4.11. The van der Waals surface area contributed by atoms with Crippen molar-refractivity contribution in [2.24, 2.45) is 5.92 Å². The minimum Gasteiger partial charge on any atom is -0.338 e. The van der Waals surface area contributed by atoms with E-state index >= 15 is 0 Å². The number of nitrogens with one attached hydrogen (secondary N) is 2. The molecule has 2 aromatic carbocycles. The summed E-state index contributed by atoms with van der Waals surface area (Å²) in [5.41, 5.74) is 8.31. The van der Waals surface area contributed by atoms with Gasteiger partial charge in [0.1, 0.15) is 5.82 Å². The Morgan fingerprint density at radius 2 is 1.89 bits per heavy atom. The molecular formula is C21H22FN5O. The van der Waals surface area contributed by atoms with E-state index in [9.17, 15) is 4.39 Å². The number of benzene rings is 2. The van der Waals surface area contributed by atoms with E-state index in [2.05, 4.69) is 25.9 Å². The van der Waals surface area contributed by atoms with E-state index in [1.54, 1.807) is 6.07 Å². The first-order valence-corrected chi connectivity index (χ1v) is 9.64. The number of hydrogen-bond donors (Lipinski definition) is 2. The van der Waals surface area contributed by atoms with Crippen molar-refractivity contribution in [3.63, 3.8) is 0 Å². The first-order valence-electron chi connectivity index (χ1n) is 9.64. The zero-order valence-corrected chi connectivity index (χ0v) is 15.4. The molecule has 0 radical (unpaired) electrons. The van der Waals surface area contributed by atoms with Gasteiger partial charge >= 0.3 is 0 Å². The second-order valence-corrected chi connectivity index (χ2v) is 7.46. The summed E-state index contributed by atoms with van der Waals surface area (Å²) in [6.45, 7) is 2.38. The van der Waals surface area contributed by atoms with Gasteiger partial charge in [-0.2, -0.15) is 4.98 Å². The van der Waals surface area contributed by atoms with Crippen LogP contribution in [-0.2, 0) is 6.54 Å². The van der Waals surface area contributed by atoms with Crippen molar-refractivity contribution in [3.8, 4) is 11.4 Å². The average Bonchev–Trinajstić information content (AvgIpc) is 3.36. The lowest BCUT2D eigenvalue weighted by atomic mass is 9.85. The highest BCUT2D eigenvalue weighted by atomic mass is 19.1. The van der Waals surface area contributed by atoms with Gasteiger partial charge in [-0.25, -0.2) is 9.82 Å². The van der Waals surface area contributed by atoms with Crippen molar-refractivity contribution in [3.05, 3.63) is 71.9 Å². The van der Waals surface area contributed by atoms with Crippen molar-refractivity contribution in [2.75, 3.05) is 13.1 Å². The van der Waals surface area contributed by atoms with Gasteiger partial charge in [0.2, 0.25) is 11.7 Å². The summed E-state index contributed by atoms with van der Waals surface area (Å²) in [6.07, 6.45) is 0.988. The molecule has 0 saturated carbocycles. The van der Waals surface area contributed by atoms with E-state index in [-0.39, 0.29) is 17.8 Å². The molecule has 2 aliphatic heterocycles. The fourth-order valence-corrected chi connectivity index (χ4v) is 4.27. The molecule has 2 saturated heterocycles. The minimum atomic E-state index is -0.163. The third-order valence-corrected chi connectivity index (χ3v) is 5.69. The number of aromatic nitrogens is 2. The van der Waals surface area contributed by atoms with Crippen LogP contribution < -0.4 is 10.9 Å². The maximum Gasteiger partial charge on any atom is 0.241 e. The van der Waals surface area contributed by atoms with E-state index in [1.807, 2.05) is 42.5 Å². The van der Waals surface area contributed by atoms with Gasteiger partial charge in [0.15, 0.2) is 0 Å². The van der Waals surface area contributed by atoms with Crippen LogP contribution in [0.5, 0.6) is 0 Å². The monoisotopic (exact) mass is 379 g/mol. The van der Waals surface area contributed by atoms with Crippen LogP contribution in [0, 0.1) is 11.7 Å². The molecular weight excluding hydrogens is 357 g/mol. The van der Waals surface area contributed by atoms with Crippen molar-refractivity contribution >= 4 is 0 Å². The Hall–Kier alpha value is -2.61. The van der Waals surface area contributed by atoms with Crippen molar-refractivity contribution in [2.45, 2.75) is 25.0 Å². The first kappa shape index (κ1) is 17.5. The average molecular weight is 379 g/mol. The zero-order chi connectivity index (χ0) is 18.9. The maximum atomic E-state index is 14.3. The third-order valence-electron chi connectivity index (χ3n) is 5.69. The highest BCUT2D eigenvalue weighted by molar-refractivity contribution is 5.53. The highest BCUT2D eigenvalue weighted by Gasteiger charge is 2.41. The summed E-state index contributed by atoms with van der Waals surface area (Å²) in [6, 6.07) is 17.1. The van der Waals surface area contributed by atoms with E-state index < -0.39 is 0 Å². The Balaban J connectivity index is 1.29. The molecule has 7 heteroatoms. The molecule has 0 amide bonds. The molecule has 28 heavy (non-hydrogen) atoms. The molecule has 2 N–H and O–H groups in total. The summed E-state index contributed by atoms with van der Waals surface area (Å²) < 4.78 is 19.8. The van der Waals surface area contributed by atoms with E-state index in [4.69, 9.17) is 4.52 Å². The molecule has 2 aliphatic rings. The van der Waals surface area contributed by atoms with Gasteiger partial charge in [0.05, 0.1) is 12.6 Å². The SMILES string of the molecule is Fc1ccccc1C1NNC2CCN(Cc3nc(-c4ccccc4)no3)CC21. The Morgan fingerprint density at radius 3 is 2.75 bits per heavy atom. The van der Waals surface area contributed by atoms with Crippen LogP contribution >= 0.6 is 0 Å². The molecule has 0 spiro atoms. The van der Waals surface area contributed by atoms with Crippen LogP contribution in [0.3, 0.4) is 0 Å². The molecule has 0 bridgehead atoms. The number of likely N-dealkylation sites (tertiary alicyclic amines) is 1. The normalized spacial score (nSPS) is 25.0. The molecule has 6 nitrogen and oxygen atoms in total. The Labute approximate surface area is 162 Å². The van der Waals surface area contributed by atoms with E-state index in [1.165, 1.54) is 6.07 Å². The molecule has 144 valence electrons. The molecule has 3 aromatic rings. The van der Waals surface area contributed by atoms with Crippen LogP contribution in [-0.4, -0.2) is 34.2 Å². The molecule has 2 fully saturated rings. The fraction of sp³-hybridized carbons (Fsp3) is 0.333. The predicted octanol–water partition coefficient (Wildman–Crippen LogP) is 2.92. The molecule has 0 aliphatic carbocycles. The van der Waals surface area contributed by atoms with Gasteiger partial charge < -0.3 is 4.52 Å². The highest BCUT2D eigenvalue weighted by Crippen LogP contribution is 2.35. The van der Waals surface area contributed by atoms with E-state index in [0.29, 0.717) is 29.9 Å². The molecule has 3 unspecified atom stereocenters. The second-order valence-electron chi connectivity index (χ2n) is 7.46. The third kappa shape index (κ3) is 3.32. The molecule has 1 aromatic heterocycles. The van der Waals surface area contributed by atoms with Crippen LogP contribution in [0.2, 0.25) is 0 Å². The van der Waals surface area contributed by atoms with Gasteiger partial charge in [0, 0.05) is 36.2 Å². The topological polar surface area (TPSA) is 66.2 Å². The van der Waals surface area contributed by atoms with Gasteiger partial charge in [-0.15, -0.1) is 0 Å². The number of fused-ring (bicyclic) bond motifs is 1. The number of halogens is 1. The van der Waals surface area contributed by atoms with Gasteiger partial charge in [-0.3, -0.25) is 10.3 Å². The first-order chi connectivity index (χ1) is 13.8. The lowest BCUT2D eigenvalue weighted by Gasteiger charge is -2.35. The van der Waals surface area contributed by atoms with Crippen molar-refractivity contribution in [1.29, 1.82) is 0 Å². The fourth-order valence-electron chi connectivity index (χ4n) is 4.27. The summed E-state index contributed by atoms with van der Waals surface area (Å²) in [5.74, 6) is 1.34. The smallest absolute Gasteiger partial charge is 0.241 e. The van der Waals surface area contributed by atoms with E-state index in [0.717, 1.165) is 25.1 Å². The maximum absolute atomic E-state index is 14.3. The van der Waals surface area contributed by atoms with Gasteiger partial charge in [-0.1, -0.05) is 53.7 Å². The predicted molar refractivity (Wildman–Crippen MR) is 102 cm³/mol. The number of rotatable bonds is 4. The Bertz CT molecular complexity index is 947. The zero-order valence-electron chi connectivity index (χ0n) is 15.4. The number of nitrogens with zero attached hydrogens (tertiary/aromatic N) is 3. The van der Waals surface area contributed by atoms with Crippen LogP contribution in [0.15, 0.2) is 59.1 Å². The lowest BCUT2D eigenvalue weighted by molar-refractivity contribution is 0.133. The standard InChI is InChI=1S/C21H22FN5O/c22-17-9-5-4-8-15(17)20-16-12-27(11-10-18(16)24-25-20)13-19-23-21(26-28-19)14-6-2-1-3-7-14/h1-9,16,18,20,24-25H,10-13H2. The van der Waals surface area contributed by atoms with Gasteiger partial charge in [-0.05, 0) is 12.5 Å². The van der Waals surface area contributed by atoms with Crippen molar-refractivity contribution < 1.29 is 8.91 Å². The Kier molecular flexibility index (Phi) is 4.64. The van der Waals surface area contributed by atoms with Crippen LogP contribution in [0.25, 0.3) is 11.4 Å². The van der Waals surface area contributed by atoms with Crippen molar-refractivity contribution in [1.82, 2.24) is 25.9 Å². The largest absolute Gasteiger partial charge is 0.338 e. The van der Waals surface area contributed by atoms with Crippen LogP contribution in [0.1, 0.15) is 23.9 Å². The van der Waals surface area contributed by atoms with Gasteiger partial charge in [0.25, 0.3) is 0 Å². The summed E-state index contributed by atoms with van der Waals surface area (Å²) in [4.78, 5) is 6.85. The Morgan fingerprint density at radius 1 is 1.07 bits per heavy atom. The summed E-state index contributed by atoms with van der Waals surface area (Å²) >= 11 is 0.